The van der Waals surface area contributed by atoms with Crippen molar-refractivity contribution in [3.63, 3.8) is 0 Å². The molecule has 0 bridgehead atoms. The minimum atomic E-state index is -0.578. The highest BCUT2D eigenvalue weighted by Crippen LogP contribution is 2.24. The second-order valence-electron chi connectivity index (χ2n) is 6.50. The summed E-state index contributed by atoms with van der Waals surface area (Å²) in [5.41, 5.74) is 1.07. The molecule has 0 aliphatic carbocycles. The lowest BCUT2D eigenvalue weighted by Crippen LogP contribution is -2.52. The molecule has 8 nitrogen and oxygen atoms in total. The number of furan rings is 1. The molecule has 1 aliphatic heterocycles. The Morgan fingerprint density at radius 1 is 1.07 bits per heavy atom. The predicted octanol–water partition coefficient (Wildman–Crippen LogP) is 1.94. The van der Waals surface area contributed by atoms with Gasteiger partial charge in [0.25, 0.3) is 17.6 Å². The van der Waals surface area contributed by atoms with Crippen molar-refractivity contribution in [3.8, 4) is 5.75 Å². The maximum absolute atomic E-state index is 12.8. The third-order valence-corrected chi connectivity index (χ3v) is 4.91. The van der Waals surface area contributed by atoms with Crippen molar-refractivity contribution in [1.82, 2.24) is 14.8 Å². The number of hydrogen-bond acceptors (Lipinski definition) is 5. The maximum Gasteiger partial charge on any atom is 0.295 e. The van der Waals surface area contributed by atoms with Gasteiger partial charge < -0.3 is 23.9 Å². The molecule has 1 aromatic carbocycles. The minimum absolute atomic E-state index is 0.216. The average Bonchev–Trinajstić information content (AvgIpc) is 3.41. The zero-order valence-corrected chi connectivity index (χ0v) is 15.3. The number of nitrogens with one attached hydrogen (secondary N) is 1. The van der Waals surface area contributed by atoms with Crippen molar-refractivity contribution in [3.05, 3.63) is 54.1 Å². The third-order valence-electron chi connectivity index (χ3n) is 4.91. The number of carbonyl (C=O) groups excluding carboxylic acids is 3. The van der Waals surface area contributed by atoms with Crippen LogP contribution in [-0.2, 0) is 4.79 Å². The Morgan fingerprint density at radius 3 is 2.50 bits per heavy atom. The Balaban J connectivity index is 1.45. The van der Waals surface area contributed by atoms with Gasteiger partial charge in [0.2, 0.25) is 0 Å². The van der Waals surface area contributed by atoms with E-state index >= 15 is 0 Å². The molecule has 1 fully saturated rings. The zero-order valence-electron chi connectivity index (χ0n) is 15.3. The summed E-state index contributed by atoms with van der Waals surface area (Å²) in [5, 5.41) is 0.643. The Morgan fingerprint density at radius 2 is 1.82 bits per heavy atom. The van der Waals surface area contributed by atoms with E-state index in [2.05, 4.69) is 4.98 Å². The van der Waals surface area contributed by atoms with Crippen LogP contribution in [0, 0.1) is 0 Å². The number of H-pyrrole nitrogens is 1. The van der Waals surface area contributed by atoms with Crippen molar-refractivity contribution in [1.29, 1.82) is 0 Å². The van der Waals surface area contributed by atoms with Crippen LogP contribution in [0.2, 0.25) is 0 Å². The number of ether oxygens (including phenoxy) is 1. The largest absolute Gasteiger partial charge is 0.497 e. The van der Waals surface area contributed by atoms with Crippen LogP contribution in [0.3, 0.4) is 0 Å². The highest BCUT2D eigenvalue weighted by Gasteiger charge is 2.30. The van der Waals surface area contributed by atoms with Crippen LogP contribution in [0.25, 0.3) is 10.9 Å². The SMILES string of the molecule is COc1ccc2[nH]cc(C(=O)C(=O)N3CCN(C(=O)c4ccco4)CC3)c2c1. The molecule has 4 rings (SSSR count). The van der Waals surface area contributed by atoms with Crippen molar-refractivity contribution < 1.29 is 23.5 Å². The summed E-state index contributed by atoms with van der Waals surface area (Å²) in [6, 6.07) is 8.57. The van der Waals surface area contributed by atoms with E-state index in [0.717, 1.165) is 5.52 Å². The molecule has 0 saturated carbocycles. The molecule has 2 aromatic heterocycles. The normalized spacial score (nSPS) is 14.3. The van der Waals surface area contributed by atoms with E-state index in [1.54, 1.807) is 48.5 Å². The summed E-state index contributed by atoms with van der Waals surface area (Å²) in [6.45, 7) is 1.28. The third kappa shape index (κ3) is 3.13. The predicted molar refractivity (Wildman–Crippen MR) is 100 cm³/mol. The van der Waals surface area contributed by atoms with Crippen LogP contribution >= 0.6 is 0 Å². The molecular weight excluding hydrogens is 362 g/mol. The summed E-state index contributed by atoms with van der Waals surface area (Å²) in [5.74, 6) is -0.492. The lowest BCUT2D eigenvalue weighted by Gasteiger charge is -2.33. The number of Topliss-reactive ketones (excluding diaryl/α,β-unsaturated/α-hetero) is 1. The van der Waals surface area contributed by atoms with E-state index in [9.17, 15) is 14.4 Å². The molecule has 28 heavy (non-hydrogen) atoms. The van der Waals surface area contributed by atoms with Crippen LogP contribution in [0.5, 0.6) is 5.75 Å². The van der Waals surface area contributed by atoms with Crippen LogP contribution in [-0.4, -0.2) is 65.7 Å². The molecular formula is C20H19N3O5. The first kappa shape index (κ1) is 17.8. The fourth-order valence-electron chi connectivity index (χ4n) is 3.34. The Labute approximate surface area is 160 Å². The van der Waals surface area contributed by atoms with Gasteiger partial charge in [0.05, 0.1) is 18.9 Å². The van der Waals surface area contributed by atoms with Crippen LogP contribution < -0.4 is 4.74 Å². The Kier molecular flexibility index (Phi) is 4.60. The van der Waals surface area contributed by atoms with Crippen molar-refractivity contribution >= 4 is 28.5 Å². The quantitative estimate of drug-likeness (QED) is 0.550. The molecule has 144 valence electrons. The molecule has 3 aromatic rings. The van der Waals surface area contributed by atoms with E-state index in [4.69, 9.17) is 9.15 Å². The van der Waals surface area contributed by atoms with Crippen LogP contribution in [0.4, 0.5) is 0 Å². The standard InChI is InChI=1S/C20H19N3O5/c1-27-13-4-5-16-14(11-13)15(12-21-16)18(24)20(26)23-8-6-22(7-9-23)19(25)17-3-2-10-28-17/h2-5,10-12,21H,6-9H2,1H3. The number of piperazine rings is 1. The van der Waals surface area contributed by atoms with Gasteiger partial charge in [-0.2, -0.15) is 0 Å². The smallest absolute Gasteiger partial charge is 0.295 e. The number of nitrogens with zero attached hydrogens (tertiary/aromatic N) is 2. The summed E-state index contributed by atoms with van der Waals surface area (Å²) < 4.78 is 10.3. The van der Waals surface area contributed by atoms with E-state index in [1.807, 2.05) is 0 Å². The fraction of sp³-hybridized carbons (Fsp3) is 0.250. The first-order valence-electron chi connectivity index (χ1n) is 8.90. The molecule has 1 aliphatic rings. The highest BCUT2D eigenvalue weighted by atomic mass is 16.5. The number of amides is 2. The highest BCUT2D eigenvalue weighted by molar-refractivity contribution is 6.44. The summed E-state index contributed by atoms with van der Waals surface area (Å²) in [4.78, 5) is 43.9. The number of aromatic nitrogens is 1. The van der Waals surface area contributed by atoms with Gasteiger partial charge in [-0.1, -0.05) is 0 Å². The lowest BCUT2D eigenvalue weighted by atomic mass is 10.1. The van der Waals surface area contributed by atoms with E-state index in [1.165, 1.54) is 11.2 Å². The molecule has 1 saturated heterocycles. The summed E-state index contributed by atoms with van der Waals surface area (Å²) in [7, 11) is 1.55. The Bertz CT molecular complexity index is 1030. The number of rotatable bonds is 4. The summed E-state index contributed by atoms with van der Waals surface area (Å²) >= 11 is 0. The second kappa shape index (κ2) is 7.22. The molecule has 3 heterocycles. The molecule has 0 spiro atoms. The van der Waals surface area contributed by atoms with Gasteiger partial charge in [-0.25, -0.2) is 0 Å². The van der Waals surface area contributed by atoms with Crippen molar-refractivity contribution in [2.45, 2.75) is 0 Å². The van der Waals surface area contributed by atoms with Crippen LogP contribution in [0.15, 0.2) is 47.2 Å². The lowest BCUT2D eigenvalue weighted by molar-refractivity contribution is -0.127. The number of methoxy groups -OCH3 is 1. The van der Waals surface area contributed by atoms with Gasteiger partial charge >= 0.3 is 0 Å². The minimum Gasteiger partial charge on any atom is -0.497 e. The molecule has 0 atom stereocenters. The van der Waals surface area contributed by atoms with Gasteiger partial charge in [0.1, 0.15) is 5.75 Å². The number of aromatic amines is 1. The average molecular weight is 381 g/mol. The summed E-state index contributed by atoms with van der Waals surface area (Å²) in [6.07, 6.45) is 2.99. The van der Waals surface area contributed by atoms with E-state index < -0.39 is 11.7 Å². The number of ketones is 1. The fourth-order valence-corrected chi connectivity index (χ4v) is 3.34. The number of hydrogen-bond donors (Lipinski definition) is 1. The first-order chi connectivity index (χ1) is 13.6. The molecule has 8 heteroatoms. The molecule has 2 amide bonds. The van der Waals surface area contributed by atoms with E-state index in [-0.39, 0.29) is 11.7 Å². The van der Waals surface area contributed by atoms with Gasteiger partial charge in [0.15, 0.2) is 5.76 Å². The zero-order chi connectivity index (χ0) is 19.7. The number of carbonyl (C=O) groups is 3. The maximum atomic E-state index is 12.8. The topological polar surface area (TPSA) is 95.9 Å². The molecule has 0 radical (unpaired) electrons. The van der Waals surface area contributed by atoms with E-state index in [0.29, 0.717) is 42.9 Å². The van der Waals surface area contributed by atoms with Crippen LogP contribution in [0.1, 0.15) is 20.9 Å². The van der Waals surface area contributed by atoms with Gasteiger partial charge in [-0.15, -0.1) is 0 Å². The van der Waals surface area contributed by atoms with Crippen molar-refractivity contribution in [2.75, 3.05) is 33.3 Å². The Hall–Kier alpha value is -3.55. The van der Waals surface area contributed by atoms with Gasteiger partial charge in [-0.05, 0) is 30.3 Å². The first-order valence-corrected chi connectivity index (χ1v) is 8.90. The second-order valence-corrected chi connectivity index (χ2v) is 6.50. The van der Waals surface area contributed by atoms with Gasteiger partial charge in [-0.3, -0.25) is 14.4 Å². The van der Waals surface area contributed by atoms with Crippen molar-refractivity contribution in [2.24, 2.45) is 0 Å². The number of fused-ring (bicyclic) bond motifs is 1. The molecule has 0 unspecified atom stereocenters. The number of benzene rings is 1. The monoisotopic (exact) mass is 381 g/mol. The molecule has 1 N–H and O–H groups in total. The van der Waals surface area contributed by atoms with Gasteiger partial charge in [0, 0.05) is 43.3 Å².